The molecule has 0 amide bonds. The summed E-state index contributed by atoms with van der Waals surface area (Å²) in [5, 5.41) is 0. The highest BCUT2D eigenvalue weighted by Gasteiger charge is 2.48. The molecule has 2 rings (SSSR count). The molecule has 4 atom stereocenters. The Morgan fingerprint density at radius 3 is 2.94 bits per heavy atom. The highest BCUT2D eigenvalue weighted by atomic mass is 16.5. The number of hydrogen-bond donors (Lipinski definition) is 0. The van der Waals surface area contributed by atoms with E-state index in [1.165, 1.54) is 0 Å². The van der Waals surface area contributed by atoms with Gasteiger partial charge in [-0.25, -0.2) is 0 Å². The fraction of sp³-hybridized carbons (Fsp3) is 0.929. The summed E-state index contributed by atoms with van der Waals surface area (Å²) >= 11 is 0. The molecule has 1 saturated carbocycles. The Kier molecular flexibility index (Phi) is 3.57. The molecule has 0 unspecified atom stereocenters. The van der Waals surface area contributed by atoms with Crippen LogP contribution in [-0.4, -0.2) is 18.0 Å². The fourth-order valence-electron chi connectivity index (χ4n) is 3.22. The Bertz CT molecular complexity index is 292. The Labute approximate surface area is 100 Å². The van der Waals surface area contributed by atoms with E-state index in [0.29, 0.717) is 18.8 Å². The SMILES string of the molecule is [2H][C@@]1(CC)O[C@@H]2CCC[C@@H]2[C@@H]1C(=O)CCCC. The predicted octanol–water partition coefficient (Wildman–Crippen LogP) is 3.34. The van der Waals surface area contributed by atoms with Crippen molar-refractivity contribution in [3.05, 3.63) is 0 Å². The zero-order valence-electron chi connectivity index (χ0n) is 11.5. The molecule has 0 bridgehead atoms. The summed E-state index contributed by atoms with van der Waals surface area (Å²) in [7, 11) is 0. The molecule has 0 radical (unpaired) electrons. The molecule has 16 heavy (non-hydrogen) atoms. The van der Waals surface area contributed by atoms with Gasteiger partial charge >= 0.3 is 0 Å². The molecular weight excluding hydrogens is 200 g/mol. The zero-order chi connectivity index (χ0) is 12.5. The fourth-order valence-corrected chi connectivity index (χ4v) is 3.22. The van der Waals surface area contributed by atoms with E-state index in [1.807, 2.05) is 6.92 Å². The summed E-state index contributed by atoms with van der Waals surface area (Å²) in [6.45, 7) is 4.07. The van der Waals surface area contributed by atoms with Crippen molar-refractivity contribution in [3.63, 3.8) is 0 Å². The molecule has 2 aliphatic rings. The Morgan fingerprint density at radius 2 is 2.25 bits per heavy atom. The van der Waals surface area contributed by atoms with Crippen LogP contribution in [0.4, 0.5) is 0 Å². The zero-order valence-corrected chi connectivity index (χ0v) is 10.5. The quantitative estimate of drug-likeness (QED) is 0.717. The maximum Gasteiger partial charge on any atom is 0.138 e. The van der Waals surface area contributed by atoms with Gasteiger partial charge in [0.15, 0.2) is 0 Å². The first kappa shape index (κ1) is 10.8. The van der Waals surface area contributed by atoms with Crippen molar-refractivity contribution in [1.82, 2.24) is 0 Å². The Morgan fingerprint density at radius 1 is 1.44 bits per heavy atom. The molecule has 0 N–H and O–H groups in total. The second-order valence-electron chi connectivity index (χ2n) is 5.12. The third kappa shape index (κ3) is 2.17. The van der Waals surface area contributed by atoms with Crippen LogP contribution in [0.15, 0.2) is 0 Å². The molecule has 0 aromatic carbocycles. The number of unbranched alkanes of at least 4 members (excludes halogenated alkanes) is 1. The van der Waals surface area contributed by atoms with Crippen LogP contribution >= 0.6 is 0 Å². The summed E-state index contributed by atoms with van der Waals surface area (Å²) in [6.07, 6.45) is 5.79. The molecule has 92 valence electrons. The van der Waals surface area contributed by atoms with Gasteiger partial charge in [0.05, 0.1) is 13.6 Å². The Balaban J connectivity index is 2.12. The van der Waals surface area contributed by atoms with E-state index >= 15 is 0 Å². The molecule has 2 nitrogen and oxygen atoms in total. The van der Waals surface area contributed by atoms with Gasteiger partial charge in [-0.2, -0.15) is 0 Å². The first-order valence-corrected chi connectivity index (χ1v) is 6.83. The molecule has 1 aliphatic heterocycles. The van der Waals surface area contributed by atoms with Gasteiger partial charge in [0, 0.05) is 12.3 Å². The van der Waals surface area contributed by atoms with Crippen molar-refractivity contribution in [2.75, 3.05) is 0 Å². The molecule has 2 fully saturated rings. The number of ketones is 1. The van der Waals surface area contributed by atoms with Crippen LogP contribution < -0.4 is 0 Å². The topological polar surface area (TPSA) is 26.3 Å². The van der Waals surface area contributed by atoms with Crippen LogP contribution in [-0.2, 0) is 9.53 Å². The minimum absolute atomic E-state index is 0.161. The second kappa shape index (κ2) is 5.31. The van der Waals surface area contributed by atoms with Gasteiger partial charge in [0.25, 0.3) is 0 Å². The van der Waals surface area contributed by atoms with Gasteiger partial charge in [-0.1, -0.05) is 26.7 Å². The lowest BCUT2D eigenvalue weighted by Crippen LogP contribution is -2.28. The molecule has 0 spiro atoms. The smallest absolute Gasteiger partial charge is 0.138 e. The number of rotatable bonds is 5. The van der Waals surface area contributed by atoms with E-state index in [9.17, 15) is 4.79 Å². The van der Waals surface area contributed by atoms with Crippen LogP contribution in [0, 0.1) is 11.8 Å². The summed E-state index contributed by atoms with van der Waals surface area (Å²) < 4.78 is 14.3. The highest BCUT2D eigenvalue weighted by molar-refractivity contribution is 5.82. The molecule has 0 aromatic heterocycles. The molecule has 0 aromatic rings. The predicted molar refractivity (Wildman–Crippen MR) is 64.3 cm³/mol. The van der Waals surface area contributed by atoms with Crippen LogP contribution in [0.1, 0.15) is 60.2 Å². The van der Waals surface area contributed by atoms with Crippen LogP contribution in [0.3, 0.4) is 0 Å². The molecule has 1 heterocycles. The lowest BCUT2D eigenvalue weighted by molar-refractivity contribution is -0.125. The Hall–Kier alpha value is -0.370. The standard InChI is InChI=1S/C14H24O2/c1-3-5-8-11(15)14-10-7-6-9-13(10)16-12(14)4-2/h10,12-14H,3-9H2,1-2H3/t10-,12-,13+,14+/m0/s1/i12D. The lowest BCUT2D eigenvalue weighted by atomic mass is 9.82. The molecule has 2 heteroatoms. The van der Waals surface area contributed by atoms with Crippen molar-refractivity contribution in [3.8, 4) is 0 Å². The first-order valence-electron chi connectivity index (χ1n) is 7.33. The maximum atomic E-state index is 12.3. The molecular formula is C14H24O2. The monoisotopic (exact) mass is 225 g/mol. The number of ether oxygens (including phenoxy) is 1. The normalized spacial score (nSPS) is 43.1. The van der Waals surface area contributed by atoms with Crippen molar-refractivity contribution in [2.24, 2.45) is 11.8 Å². The summed E-state index contributed by atoms with van der Waals surface area (Å²) in [5.74, 6) is 0.446. The van der Waals surface area contributed by atoms with Crippen LogP contribution in [0.2, 0.25) is 0 Å². The van der Waals surface area contributed by atoms with E-state index in [0.717, 1.165) is 32.1 Å². The third-order valence-electron chi connectivity index (χ3n) is 4.05. The minimum atomic E-state index is -0.930. The highest BCUT2D eigenvalue weighted by Crippen LogP contribution is 2.44. The van der Waals surface area contributed by atoms with E-state index in [-0.39, 0.29) is 17.8 Å². The van der Waals surface area contributed by atoms with E-state index in [1.54, 1.807) is 0 Å². The third-order valence-corrected chi connectivity index (χ3v) is 4.05. The van der Waals surface area contributed by atoms with E-state index in [2.05, 4.69) is 6.92 Å². The second-order valence-corrected chi connectivity index (χ2v) is 5.12. The van der Waals surface area contributed by atoms with Crippen LogP contribution in [0.5, 0.6) is 0 Å². The summed E-state index contributed by atoms with van der Waals surface area (Å²) in [4.78, 5) is 12.3. The average Bonchev–Trinajstić information content (AvgIpc) is 2.84. The number of carbonyl (C=O) groups excluding carboxylic acids is 1. The lowest BCUT2D eigenvalue weighted by Gasteiger charge is -2.19. The minimum Gasteiger partial charge on any atom is -0.374 e. The summed E-state index contributed by atoms with van der Waals surface area (Å²) in [6, 6.07) is 0. The number of carbonyl (C=O) groups is 1. The van der Waals surface area contributed by atoms with Gasteiger partial charge in [0.1, 0.15) is 5.78 Å². The van der Waals surface area contributed by atoms with E-state index in [4.69, 9.17) is 6.11 Å². The number of hydrogen-bond acceptors (Lipinski definition) is 2. The van der Waals surface area contributed by atoms with E-state index < -0.39 is 6.08 Å². The van der Waals surface area contributed by atoms with Crippen molar-refractivity contribution < 1.29 is 10.9 Å². The molecule has 1 saturated heterocycles. The van der Waals surface area contributed by atoms with Gasteiger partial charge in [-0.15, -0.1) is 0 Å². The molecule has 1 aliphatic carbocycles. The maximum absolute atomic E-state index is 12.3. The average molecular weight is 225 g/mol. The van der Waals surface area contributed by atoms with Crippen molar-refractivity contribution in [1.29, 1.82) is 0 Å². The largest absolute Gasteiger partial charge is 0.374 e. The number of fused-ring (bicyclic) bond motifs is 1. The van der Waals surface area contributed by atoms with Crippen LogP contribution in [0.25, 0.3) is 0 Å². The summed E-state index contributed by atoms with van der Waals surface area (Å²) in [5.41, 5.74) is 0. The van der Waals surface area contributed by atoms with Gasteiger partial charge in [0.2, 0.25) is 0 Å². The van der Waals surface area contributed by atoms with Gasteiger partial charge in [-0.3, -0.25) is 4.79 Å². The number of Topliss-reactive ketones (excluding diaryl/α,β-unsaturated/α-hetero) is 1. The van der Waals surface area contributed by atoms with Gasteiger partial charge in [-0.05, 0) is 31.6 Å². The van der Waals surface area contributed by atoms with Crippen molar-refractivity contribution >= 4 is 5.78 Å². The first-order chi connectivity index (χ1) is 8.12. The van der Waals surface area contributed by atoms with Gasteiger partial charge < -0.3 is 4.74 Å². The van der Waals surface area contributed by atoms with Crippen molar-refractivity contribution in [2.45, 2.75) is 71.0 Å².